The number of carboxylic acids is 1. The molecule has 0 aromatic heterocycles. The lowest BCUT2D eigenvalue weighted by molar-refractivity contribution is -0.142. The molecule has 1 fully saturated rings. The van der Waals surface area contributed by atoms with Gasteiger partial charge >= 0.3 is 5.97 Å². The molecule has 0 saturated carbocycles. The van der Waals surface area contributed by atoms with Crippen molar-refractivity contribution in [3.05, 3.63) is 23.8 Å². The average Bonchev–Trinajstić information content (AvgIpc) is 2.73. The zero-order valence-electron chi connectivity index (χ0n) is 10.0. The highest BCUT2D eigenvalue weighted by Gasteiger charge is 2.43. The summed E-state index contributed by atoms with van der Waals surface area (Å²) >= 11 is 0. The molecule has 1 aromatic carbocycles. The van der Waals surface area contributed by atoms with Crippen molar-refractivity contribution in [3.63, 3.8) is 0 Å². The van der Waals surface area contributed by atoms with Gasteiger partial charge in [0, 0.05) is 13.1 Å². The fourth-order valence-corrected chi connectivity index (χ4v) is 2.09. The van der Waals surface area contributed by atoms with Crippen LogP contribution < -0.4 is 5.73 Å². The average molecular weight is 266 g/mol. The van der Waals surface area contributed by atoms with E-state index in [4.69, 9.17) is 10.8 Å². The number of likely N-dealkylation sites (tertiary alicyclic amines) is 1. The lowest BCUT2D eigenvalue weighted by Gasteiger charge is -2.20. The molecule has 1 unspecified atom stereocenters. The van der Waals surface area contributed by atoms with Gasteiger partial charge in [0.2, 0.25) is 0 Å². The predicted molar refractivity (Wildman–Crippen MR) is 64.8 cm³/mol. The van der Waals surface area contributed by atoms with Gasteiger partial charge in [0.05, 0.1) is 0 Å². The van der Waals surface area contributed by atoms with Gasteiger partial charge in [-0.2, -0.15) is 0 Å². The maximum atomic E-state index is 12.2. The zero-order chi connectivity index (χ0) is 14.2. The summed E-state index contributed by atoms with van der Waals surface area (Å²) in [6.45, 7) is 0.00431. The SMILES string of the molecule is NC1(C(=O)O)CCN(C(=O)c2c(O)cccc2O)C1. The van der Waals surface area contributed by atoms with Crippen LogP contribution in [-0.4, -0.2) is 50.7 Å². The van der Waals surface area contributed by atoms with Crippen LogP contribution in [0.2, 0.25) is 0 Å². The van der Waals surface area contributed by atoms with Gasteiger partial charge < -0.3 is 26.0 Å². The van der Waals surface area contributed by atoms with Crippen molar-refractivity contribution in [1.82, 2.24) is 4.90 Å². The van der Waals surface area contributed by atoms with E-state index in [0.29, 0.717) is 0 Å². The first kappa shape index (κ1) is 13.2. The number of phenolic OH excluding ortho intramolecular Hbond substituents is 2. The zero-order valence-corrected chi connectivity index (χ0v) is 10.0. The van der Waals surface area contributed by atoms with Crippen molar-refractivity contribution in [2.24, 2.45) is 5.73 Å². The first-order chi connectivity index (χ1) is 8.85. The minimum Gasteiger partial charge on any atom is -0.507 e. The van der Waals surface area contributed by atoms with Crippen LogP contribution in [0.1, 0.15) is 16.8 Å². The Morgan fingerprint density at radius 1 is 1.26 bits per heavy atom. The number of carbonyl (C=O) groups is 2. The number of nitrogens with two attached hydrogens (primary N) is 1. The molecule has 1 aliphatic heterocycles. The van der Waals surface area contributed by atoms with Crippen molar-refractivity contribution >= 4 is 11.9 Å². The van der Waals surface area contributed by atoms with Crippen molar-refractivity contribution in [1.29, 1.82) is 0 Å². The molecule has 1 amide bonds. The van der Waals surface area contributed by atoms with Crippen molar-refractivity contribution in [3.8, 4) is 11.5 Å². The van der Waals surface area contributed by atoms with Crippen molar-refractivity contribution in [2.75, 3.05) is 13.1 Å². The number of benzene rings is 1. The van der Waals surface area contributed by atoms with E-state index in [-0.39, 0.29) is 36.6 Å². The molecule has 2 rings (SSSR count). The summed E-state index contributed by atoms with van der Waals surface area (Å²) < 4.78 is 0. The fraction of sp³-hybridized carbons (Fsp3) is 0.333. The van der Waals surface area contributed by atoms with E-state index in [0.717, 1.165) is 0 Å². The third-order valence-corrected chi connectivity index (χ3v) is 3.25. The fourth-order valence-electron chi connectivity index (χ4n) is 2.09. The number of aliphatic carboxylic acids is 1. The van der Waals surface area contributed by atoms with E-state index < -0.39 is 17.4 Å². The highest BCUT2D eigenvalue weighted by atomic mass is 16.4. The molecule has 7 heteroatoms. The van der Waals surface area contributed by atoms with Crippen LogP contribution in [0.15, 0.2) is 18.2 Å². The Labute approximate surface area is 108 Å². The normalized spacial score (nSPS) is 22.5. The first-order valence-corrected chi connectivity index (χ1v) is 5.67. The summed E-state index contributed by atoms with van der Waals surface area (Å²) in [5.74, 6) is -2.52. The van der Waals surface area contributed by atoms with Gasteiger partial charge in [-0.15, -0.1) is 0 Å². The van der Waals surface area contributed by atoms with E-state index >= 15 is 0 Å². The molecule has 5 N–H and O–H groups in total. The molecule has 102 valence electrons. The van der Waals surface area contributed by atoms with Gasteiger partial charge in [-0.05, 0) is 18.6 Å². The second kappa shape index (κ2) is 4.43. The third-order valence-electron chi connectivity index (χ3n) is 3.25. The van der Waals surface area contributed by atoms with E-state index in [2.05, 4.69) is 0 Å². The molecule has 1 heterocycles. The number of rotatable bonds is 2. The maximum Gasteiger partial charge on any atom is 0.325 e. The summed E-state index contributed by atoms with van der Waals surface area (Å²) in [4.78, 5) is 24.4. The van der Waals surface area contributed by atoms with E-state index in [1.54, 1.807) is 0 Å². The highest BCUT2D eigenvalue weighted by molar-refractivity contribution is 6.00. The molecule has 0 aliphatic carbocycles. The van der Waals surface area contributed by atoms with Gasteiger partial charge in [0.25, 0.3) is 5.91 Å². The Hall–Kier alpha value is -2.28. The highest BCUT2D eigenvalue weighted by Crippen LogP contribution is 2.30. The van der Waals surface area contributed by atoms with E-state index in [1.165, 1.54) is 23.1 Å². The molecule has 0 bridgehead atoms. The van der Waals surface area contributed by atoms with Crippen LogP contribution in [0, 0.1) is 0 Å². The first-order valence-electron chi connectivity index (χ1n) is 5.67. The largest absolute Gasteiger partial charge is 0.507 e. The Morgan fingerprint density at radius 3 is 2.32 bits per heavy atom. The van der Waals surface area contributed by atoms with Crippen molar-refractivity contribution in [2.45, 2.75) is 12.0 Å². The quantitative estimate of drug-likeness (QED) is 0.584. The van der Waals surface area contributed by atoms with Gasteiger partial charge in [-0.1, -0.05) is 6.07 Å². The topological polar surface area (TPSA) is 124 Å². The van der Waals surface area contributed by atoms with Crippen LogP contribution in [0.4, 0.5) is 0 Å². The number of hydrogen-bond donors (Lipinski definition) is 4. The Kier molecular flexibility index (Phi) is 3.07. The maximum absolute atomic E-state index is 12.2. The molecule has 1 aromatic rings. The molecule has 19 heavy (non-hydrogen) atoms. The molecular weight excluding hydrogens is 252 g/mol. The standard InChI is InChI=1S/C12H14N2O5/c13-12(11(18)19)4-5-14(6-12)10(17)9-7(15)2-1-3-8(9)16/h1-3,15-16H,4-6,13H2,(H,18,19). The molecule has 1 aliphatic rings. The molecule has 0 radical (unpaired) electrons. The second-order valence-corrected chi connectivity index (χ2v) is 4.61. The van der Waals surface area contributed by atoms with Gasteiger partial charge in [-0.25, -0.2) is 0 Å². The van der Waals surface area contributed by atoms with Crippen LogP contribution in [0.3, 0.4) is 0 Å². The lowest BCUT2D eigenvalue weighted by atomic mass is 10.0. The summed E-state index contributed by atoms with van der Waals surface area (Å²) in [7, 11) is 0. The minimum atomic E-state index is -1.48. The summed E-state index contributed by atoms with van der Waals surface area (Å²) in [6, 6.07) is 3.95. The Morgan fingerprint density at radius 2 is 1.84 bits per heavy atom. The number of carboxylic acid groups (broad SMARTS) is 1. The lowest BCUT2D eigenvalue weighted by Crippen LogP contribution is -2.50. The number of hydrogen-bond acceptors (Lipinski definition) is 5. The smallest absolute Gasteiger partial charge is 0.325 e. The molecule has 0 spiro atoms. The van der Waals surface area contributed by atoms with Gasteiger partial charge in [0.15, 0.2) is 0 Å². The number of amides is 1. The molecule has 1 atom stereocenters. The minimum absolute atomic E-state index is 0.127. The number of phenols is 2. The number of carbonyl (C=O) groups excluding carboxylic acids is 1. The van der Waals surface area contributed by atoms with Crippen LogP contribution in [0.5, 0.6) is 11.5 Å². The Bertz CT molecular complexity index is 525. The predicted octanol–water partition coefficient (Wildman–Crippen LogP) is -0.274. The van der Waals surface area contributed by atoms with Gasteiger partial charge in [0.1, 0.15) is 22.6 Å². The Balaban J connectivity index is 2.25. The van der Waals surface area contributed by atoms with E-state index in [9.17, 15) is 19.8 Å². The van der Waals surface area contributed by atoms with Gasteiger partial charge in [-0.3, -0.25) is 9.59 Å². The van der Waals surface area contributed by atoms with Crippen LogP contribution >= 0.6 is 0 Å². The molecule has 1 saturated heterocycles. The number of nitrogens with zero attached hydrogens (tertiary/aromatic N) is 1. The summed E-state index contributed by atoms with van der Waals surface area (Å²) in [5.41, 5.74) is 3.95. The summed E-state index contributed by atoms with van der Waals surface area (Å²) in [5, 5.41) is 28.2. The monoisotopic (exact) mass is 266 g/mol. The number of aromatic hydroxyl groups is 2. The van der Waals surface area contributed by atoms with E-state index in [1.807, 2.05) is 0 Å². The van der Waals surface area contributed by atoms with Crippen LogP contribution in [0.25, 0.3) is 0 Å². The second-order valence-electron chi connectivity index (χ2n) is 4.61. The van der Waals surface area contributed by atoms with Crippen LogP contribution in [-0.2, 0) is 4.79 Å². The third kappa shape index (κ3) is 2.19. The molecule has 7 nitrogen and oxygen atoms in total. The van der Waals surface area contributed by atoms with Crippen molar-refractivity contribution < 1.29 is 24.9 Å². The molecular formula is C12H14N2O5. The summed E-state index contributed by atoms with van der Waals surface area (Å²) in [6.07, 6.45) is 0.127.